The fraction of sp³-hybridized carbons (Fsp3) is 0.0370. The topological polar surface area (TPSA) is 0 Å². The number of hydrogen-bond acceptors (Lipinski definition) is 0. The average molecular weight is 679 g/mol. The van der Waals surface area contributed by atoms with Gasteiger partial charge in [0.1, 0.15) is 0 Å². The van der Waals surface area contributed by atoms with E-state index < -0.39 is 10.8 Å². The molecule has 2 spiro atoms. The van der Waals surface area contributed by atoms with Gasteiger partial charge in [0.05, 0.1) is 10.8 Å². The summed E-state index contributed by atoms with van der Waals surface area (Å²) in [6.07, 6.45) is 0. The van der Waals surface area contributed by atoms with Gasteiger partial charge in [0.2, 0.25) is 0 Å². The molecule has 0 amide bonds. The molecule has 246 valence electrons. The van der Waals surface area contributed by atoms with E-state index in [0.717, 1.165) is 0 Å². The van der Waals surface area contributed by atoms with Crippen molar-refractivity contribution >= 4 is 43.1 Å². The summed E-state index contributed by atoms with van der Waals surface area (Å²) in [7, 11) is 0. The highest BCUT2D eigenvalue weighted by Crippen LogP contribution is 2.70. The van der Waals surface area contributed by atoms with Gasteiger partial charge in [-0.15, -0.1) is 0 Å². The molecule has 4 aliphatic rings. The molecular weight excluding hydrogens is 649 g/mol. The van der Waals surface area contributed by atoms with Crippen molar-refractivity contribution < 1.29 is 0 Å². The monoisotopic (exact) mass is 678 g/mol. The van der Waals surface area contributed by atoms with Gasteiger partial charge < -0.3 is 0 Å². The first-order chi connectivity index (χ1) is 26.8. The van der Waals surface area contributed by atoms with Gasteiger partial charge in [0, 0.05) is 0 Å². The highest BCUT2D eigenvalue weighted by atomic mass is 14.6. The van der Waals surface area contributed by atoms with Gasteiger partial charge in [0.25, 0.3) is 0 Å². The molecule has 54 heavy (non-hydrogen) atoms. The lowest BCUT2D eigenvalue weighted by molar-refractivity contribution is 0.759. The van der Waals surface area contributed by atoms with E-state index in [-0.39, 0.29) is 0 Å². The molecule has 10 aromatic carbocycles. The molecule has 0 saturated heterocycles. The van der Waals surface area contributed by atoms with Crippen molar-refractivity contribution in [3.63, 3.8) is 0 Å². The molecular formula is C54H30. The molecule has 0 aliphatic heterocycles. The van der Waals surface area contributed by atoms with Crippen LogP contribution < -0.4 is 0 Å². The molecule has 0 heterocycles. The van der Waals surface area contributed by atoms with E-state index >= 15 is 0 Å². The molecule has 0 atom stereocenters. The van der Waals surface area contributed by atoms with Crippen molar-refractivity contribution in [3.8, 4) is 33.4 Å². The minimum absolute atomic E-state index is 0.500. The number of fused-ring (bicyclic) bond motifs is 18. The van der Waals surface area contributed by atoms with Crippen LogP contribution in [0, 0.1) is 0 Å². The molecule has 0 bridgehead atoms. The Labute approximate surface area is 312 Å². The van der Waals surface area contributed by atoms with E-state index in [1.807, 2.05) is 0 Å². The van der Waals surface area contributed by atoms with Crippen molar-refractivity contribution in [2.75, 3.05) is 0 Å². The van der Waals surface area contributed by atoms with Crippen molar-refractivity contribution in [2.24, 2.45) is 0 Å². The van der Waals surface area contributed by atoms with E-state index in [2.05, 4.69) is 182 Å². The lowest BCUT2D eigenvalue weighted by Crippen LogP contribution is -2.37. The predicted molar refractivity (Wildman–Crippen MR) is 224 cm³/mol. The summed E-state index contributed by atoms with van der Waals surface area (Å²) in [4.78, 5) is 0. The van der Waals surface area contributed by atoms with E-state index in [0.29, 0.717) is 0 Å². The predicted octanol–water partition coefficient (Wildman–Crippen LogP) is 13.3. The lowest BCUT2D eigenvalue weighted by atomic mass is 9.53. The zero-order valence-electron chi connectivity index (χ0n) is 29.3. The Bertz CT molecular complexity index is 3070. The van der Waals surface area contributed by atoms with Gasteiger partial charge >= 0.3 is 0 Å². The van der Waals surface area contributed by atoms with Crippen LogP contribution in [0.1, 0.15) is 44.5 Å². The minimum Gasteiger partial charge on any atom is -0.0619 e. The fourth-order valence-electron chi connectivity index (χ4n) is 12.1. The Balaban J connectivity index is 1.34. The Morgan fingerprint density at radius 3 is 0.981 bits per heavy atom. The van der Waals surface area contributed by atoms with Crippen LogP contribution in [0.5, 0.6) is 0 Å². The first kappa shape index (κ1) is 27.8. The second-order valence-corrected chi connectivity index (χ2v) is 15.8. The summed E-state index contributed by atoms with van der Waals surface area (Å²) < 4.78 is 0. The summed E-state index contributed by atoms with van der Waals surface area (Å²) >= 11 is 0. The van der Waals surface area contributed by atoms with Gasteiger partial charge in [-0.3, -0.25) is 0 Å². The number of hydrogen-bond donors (Lipinski definition) is 0. The second kappa shape index (κ2) is 9.23. The van der Waals surface area contributed by atoms with Crippen LogP contribution in [0.2, 0.25) is 0 Å². The van der Waals surface area contributed by atoms with Crippen molar-refractivity contribution in [3.05, 3.63) is 226 Å². The van der Waals surface area contributed by atoms with Gasteiger partial charge in [-0.1, -0.05) is 170 Å². The summed E-state index contributed by atoms with van der Waals surface area (Å²) in [6.45, 7) is 0. The summed E-state index contributed by atoms with van der Waals surface area (Å²) in [5.74, 6) is 0. The SMILES string of the molecule is c1ccc2c(c1)-c1ccccc1C21c2ccc3cc4ccccc4c4c3c2-c2c(ccc3cc5ccccc5c1c23)C41c2ccccc2-c2ccccc21. The van der Waals surface area contributed by atoms with Crippen LogP contribution in [0.3, 0.4) is 0 Å². The Hall–Kier alpha value is -6.76. The third kappa shape index (κ3) is 2.82. The van der Waals surface area contributed by atoms with Crippen molar-refractivity contribution in [2.45, 2.75) is 10.8 Å². The second-order valence-electron chi connectivity index (χ2n) is 15.8. The molecule has 0 fully saturated rings. The lowest BCUT2D eigenvalue weighted by Gasteiger charge is -2.47. The quantitative estimate of drug-likeness (QED) is 0.140. The van der Waals surface area contributed by atoms with Gasteiger partial charge in [-0.25, -0.2) is 0 Å². The first-order valence-corrected chi connectivity index (χ1v) is 19.2. The van der Waals surface area contributed by atoms with Crippen LogP contribution in [0.25, 0.3) is 76.5 Å². The molecule has 0 heteroatoms. The zero-order chi connectivity index (χ0) is 34.9. The molecule has 14 rings (SSSR count). The highest BCUT2D eigenvalue weighted by molar-refractivity contribution is 6.24. The van der Waals surface area contributed by atoms with Gasteiger partial charge in [-0.05, 0) is 133 Å². The smallest absolute Gasteiger partial charge is 0.0619 e. The molecule has 0 saturated carbocycles. The number of benzene rings is 10. The Morgan fingerprint density at radius 2 is 0.593 bits per heavy atom. The van der Waals surface area contributed by atoms with Crippen molar-refractivity contribution in [1.82, 2.24) is 0 Å². The van der Waals surface area contributed by atoms with Crippen LogP contribution in [-0.2, 0) is 10.8 Å². The van der Waals surface area contributed by atoms with Crippen molar-refractivity contribution in [1.29, 1.82) is 0 Å². The normalized spacial score (nSPS) is 15.3. The average Bonchev–Trinajstić information content (AvgIpc) is 3.69. The minimum atomic E-state index is -0.500. The molecule has 0 aromatic heterocycles. The maximum absolute atomic E-state index is 2.51. The van der Waals surface area contributed by atoms with Crippen LogP contribution in [0.4, 0.5) is 0 Å². The maximum Gasteiger partial charge on any atom is 0.0731 e. The molecule has 4 aliphatic carbocycles. The third-order valence-electron chi connectivity index (χ3n) is 13.8. The Morgan fingerprint density at radius 1 is 0.259 bits per heavy atom. The molecule has 10 aromatic rings. The highest BCUT2D eigenvalue weighted by Gasteiger charge is 2.57. The van der Waals surface area contributed by atoms with E-state index in [9.17, 15) is 0 Å². The Kier molecular flexibility index (Phi) is 4.76. The largest absolute Gasteiger partial charge is 0.0731 e. The third-order valence-corrected chi connectivity index (χ3v) is 13.8. The van der Waals surface area contributed by atoms with Crippen LogP contribution in [-0.4, -0.2) is 0 Å². The zero-order valence-corrected chi connectivity index (χ0v) is 29.3. The first-order valence-electron chi connectivity index (χ1n) is 19.2. The van der Waals surface area contributed by atoms with E-state index in [4.69, 9.17) is 0 Å². The van der Waals surface area contributed by atoms with Gasteiger partial charge in [0.15, 0.2) is 0 Å². The maximum atomic E-state index is 2.51. The van der Waals surface area contributed by atoms with E-state index in [1.54, 1.807) is 0 Å². The molecule has 0 nitrogen and oxygen atoms in total. The van der Waals surface area contributed by atoms with Gasteiger partial charge in [-0.2, -0.15) is 0 Å². The van der Waals surface area contributed by atoms with Crippen LogP contribution >= 0.6 is 0 Å². The summed E-state index contributed by atoms with van der Waals surface area (Å²) in [5, 5.41) is 10.7. The number of rotatable bonds is 0. The fourth-order valence-corrected chi connectivity index (χ4v) is 12.1. The molecule has 0 unspecified atom stereocenters. The van der Waals surface area contributed by atoms with E-state index in [1.165, 1.54) is 121 Å². The van der Waals surface area contributed by atoms with Crippen LogP contribution in [0.15, 0.2) is 182 Å². The summed E-state index contributed by atoms with van der Waals surface area (Å²) in [5.41, 5.74) is 18.4. The molecule has 0 N–H and O–H groups in total. The standard InChI is InChI=1S/C54H30/c1-3-15-35-31(13-1)29-33-25-27-46-49-47(33)51(35)53(41-21-9-5-17-37(41)38-18-6-10-22-42(38)53)45-28-26-34-30-32-14-2-4-16-36(32)52(48(34)50(45)49)54(46)43-23-11-7-19-39(43)40-20-8-12-24-44(40)54/h1-30H. The molecule has 0 radical (unpaired) electrons. The summed E-state index contributed by atoms with van der Waals surface area (Å²) in [6, 6.07) is 70.1.